The highest BCUT2D eigenvalue weighted by atomic mass is 35.5. The van der Waals surface area contributed by atoms with Gasteiger partial charge < -0.3 is 15.8 Å². The maximum Gasteiger partial charge on any atom is 0.224 e. The van der Waals surface area contributed by atoms with Crippen LogP contribution in [0.5, 0.6) is 0 Å². The molecule has 1 aliphatic rings. The monoisotopic (exact) mass is 349 g/mol. The highest BCUT2D eigenvalue weighted by molar-refractivity contribution is 5.85. The number of hydrogen-bond acceptors (Lipinski definition) is 4. The van der Waals surface area contributed by atoms with Gasteiger partial charge in [0.05, 0.1) is 19.6 Å². The van der Waals surface area contributed by atoms with Gasteiger partial charge in [0, 0.05) is 31.4 Å². The first-order valence-electron chi connectivity index (χ1n) is 7.08. The minimum absolute atomic E-state index is 0. The summed E-state index contributed by atoms with van der Waals surface area (Å²) < 4.78 is 5.32. The van der Waals surface area contributed by atoms with Gasteiger partial charge in [-0.2, -0.15) is 0 Å². The fourth-order valence-corrected chi connectivity index (χ4v) is 2.29. The van der Waals surface area contributed by atoms with E-state index in [1.54, 1.807) is 0 Å². The van der Waals surface area contributed by atoms with Gasteiger partial charge >= 0.3 is 0 Å². The lowest BCUT2D eigenvalue weighted by Crippen LogP contribution is -2.47. The van der Waals surface area contributed by atoms with Gasteiger partial charge in [0.25, 0.3) is 0 Å². The zero-order valence-corrected chi connectivity index (χ0v) is 14.4. The van der Waals surface area contributed by atoms with Gasteiger partial charge in [0.1, 0.15) is 0 Å². The highest BCUT2D eigenvalue weighted by Crippen LogP contribution is 2.06. The molecule has 22 heavy (non-hydrogen) atoms. The first-order valence-corrected chi connectivity index (χ1v) is 7.08. The molecule has 0 saturated carbocycles. The zero-order valence-electron chi connectivity index (χ0n) is 12.8. The number of halogens is 2. The van der Waals surface area contributed by atoms with E-state index in [2.05, 4.69) is 17.1 Å². The Hall–Kier alpha value is -1.01. The summed E-state index contributed by atoms with van der Waals surface area (Å²) in [5.41, 5.74) is 7.32. The Labute approximate surface area is 144 Å². The topological polar surface area (TPSA) is 67.6 Å². The van der Waals surface area contributed by atoms with Crippen LogP contribution in [-0.2, 0) is 16.0 Å². The number of nitrogens with one attached hydrogen (secondary N) is 1. The van der Waals surface area contributed by atoms with E-state index in [1.165, 1.54) is 0 Å². The van der Waals surface area contributed by atoms with E-state index in [4.69, 9.17) is 10.5 Å². The Balaban J connectivity index is 0.00000220. The first kappa shape index (κ1) is 21.0. The molecular formula is C15H25Cl2N3O2. The van der Waals surface area contributed by atoms with Crippen molar-refractivity contribution >= 4 is 36.4 Å². The Morgan fingerprint density at radius 3 is 2.45 bits per heavy atom. The third-order valence-electron chi connectivity index (χ3n) is 3.61. The molecule has 126 valence electrons. The number of morpholine rings is 1. The van der Waals surface area contributed by atoms with Crippen LogP contribution in [0.4, 0.5) is 5.69 Å². The van der Waals surface area contributed by atoms with Crippen LogP contribution >= 0.6 is 24.8 Å². The molecule has 5 nitrogen and oxygen atoms in total. The van der Waals surface area contributed by atoms with Gasteiger partial charge in [-0.05, 0) is 24.6 Å². The van der Waals surface area contributed by atoms with Crippen molar-refractivity contribution in [3.05, 3.63) is 29.8 Å². The van der Waals surface area contributed by atoms with Crippen molar-refractivity contribution in [1.82, 2.24) is 10.2 Å². The smallest absolute Gasteiger partial charge is 0.224 e. The predicted octanol–water partition coefficient (Wildman–Crippen LogP) is 1.49. The van der Waals surface area contributed by atoms with Gasteiger partial charge in [-0.25, -0.2) is 0 Å². The average molecular weight is 350 g/mol. The molecule has 0 spiro atoms. The number of carbonyl (C=O) groups excluding carboxylic acids is 1. The van der Waals surface area contributed by atoms with Crippen LogP contribution in [0.15, 0.2) is 24.3 Å². The molecule has 1 aromatic rings. The molecule has 0 bridgehead atoms. The van der Waals surface area contributed by atoms with Crippen LogP contribution in [0.2, 0.25) is 0 Å². The molecule has 0 aliphatic carbocycles. The molecule has 7 heteroatoms. The number of rotatable bonds is 5. The summed E-state index contributed by atoms with van der Waals surface area (Å²) >= 11 is 0. The van der Waals surface area contributed by atoms with E-state index in [-0.39, 0.29) is 30.7 Å². The average Bonchev–Trinajstić information content (AvgIpc) is 2.48. The lowest BCUT2D eigenvalue weighted by Gasteiger charge is -2.32. The van der Waals surface area contributed by atoms with Crippen LogP contribution in [-0.4, -0.2) is 49.7 Å². The van der Waals surface area contributed by atoms with Crippen LogP contribution in [0, 0.1) is 0 Å². The summed E-state index contributed by atoms with van der Waals surface area (Å²) in [6.07, 6.45) is 0.399. The summed E-state index contributed by atoms with van der Waals surface area (Å²) in [7, 11) is 0. The Bertz CT molecular complexity index is 437. The van der Waals surface area contributed by atoms with Crippen LogP contribution in [0.3, 0.4) is 0 Å². The summed E-state index contributed by atoms with van der Waals surface area (Å²) in [4.78, 5) is 14.2. The van der Waals surface area contributed by atoms with E-state index in [9.17, 15) is 4.79 Å². The molecule has 1 aliphatic heterocycles. The number of ether oxygens (including phenoxy) is 1. The van der Waals surface area contributed by atoms with E-state index >= 15 is 0 Å². The normalized spacial score (nSPS) is 16.0. The van der Waals surface area contributed by atoms with Crippen molar-refractivity contribution in [2.75, 3.05) is 38.6 Å². The highest BCUT2D eigenvalue weighted by Gasteiger charge is 2.17. The second-order valence-corrected chi connectivity index (χ2v) is 5.22. The van der Waals surface area contributed by atoms with Crippen molar-refractivity contribution in [1.29, 1.82) is 0 Å². The zero-order chi connectivity index (χ0) is 14.4. The summed E-state index contributed by atoms with van der Waals surface area (Å²) in [6, 6.07) is 7.76. The van der Waals surface area contributed by atoms with Crippen molar-refractivity contribution in [3.63, 3.8) is 0 Å². The van der Waals surface area contributed by atoms with Gasteiger partial charge in [0.15, 0.2) is 0 Å². The quantitative estimate of drug-likeness (QED) is 0.790. The molecule has 3 N–H and O–H groups in total. The van der Waals surface area contributed by atoms with Gasteiger partial charge in [-0.3, -0.25) is 9.69 Å². The third-order valence-corrected chi connectivity index (χ3v) is 3.61. The third kappa shape index (κ3) is 6.83. The van der Waals surface area contributed by atoms with Gasteiger partial charge in [-0.1, -0.05) is 12.1 Å². The lowest BCUT2D eigenvalue weighted by molar-refractivity contribution is -0.120. The minimum atomic E-state index is 0. The van der Waals surface area contributed by atoms with E-state index in [0.717, 1.165) is 37.6 Å². The van der Waals surface area contributed by atoms with Crippen molar-refractivity contribution < 1.29 is 9.53 Å². The molecule has 1 aromatic carbocycles. The summed E-state index contributed by atoms with van der Waals surface area (Å²) in [5, 5.41) is 2.99. The number of hydrogen-bond donors (Lipinski definition) is 2. The van der Waals surface area contributed by atoms with Crippen LogP contribution in [0.1, 0.15) is 12.5 Å². The Morgan fingerprint density at radius 2 is 1.86 bits per heavy atom. The fraction of sp³-hybridized carbons (Fsp3) is 0.533. The molecule has 1 amide bonds. The largest absolute Gasteiger partial charge is 0.399 e. The van der Waals surface area contributed by atoms with E-state index in [0.29, 0.717) is 19.0 Å². The number of amides is 1. The second-order valence-electron chi connectivity index (χ2n) is 5.22. The molecule has 1 heterocycles. The second kappa shape index (κ2) is 10.7. The molecule has 1 fully saturated rings. The van der Waals surface area contributed by atoms with Crippen molar-refractivity contribution in [3.8, 4) is 0 Å². The van der Waals surface area contributed by atoms with Crippen molar-refractivity contribution in [2.45, 2.75) is 19.4 Å². The molecule has 0 aromatic heterocycles. The summed E-state index contributed by atoms with van der Waals surface area (Å²) in [6.45, 7) is 6.25. The Kier molecular flexibility index (Phi) is 10.2. The minimum Gasteiger partial charge on any atom is -0.399 e. The van der Waals surface area contributed by atoms with Crippen LogP contribution < -0.4 is 11.1 Å². The Morgan fingerprint density at radius 1 is 1.27 bits per heavy atom. The maximum absolute atomic E-state index is 11.9. The molecular weight excluding hydrogens is 325 g/mol. The predicted molar refractivity (Wildman–Crippen MR) is 93.9 cm³/mol. The maximum atomic E-state index is 11.9. The number of anilines is 1. The standard InChI is InChI=1S/C15H23N3O2.2ClH/c1-12(18-6-8-20-9-7-18)11-17-15(19)10-13-2-4-14(16)5-3-13;;/h2-5,12H,6-11,16H2,1H3,(H,17,19);2*1H. The molecule has 1 unspecified atom stereocenters. The summed E-state index contributed by atoms with van der Waals surface area (Å²) in [5.74, 6) is 0.0508. The number of nitrogens with two attached hydrogens (primary N) is 1. The number of nitrogen functional groups attached to an aromatic ring is 1. The van der Waals surface area contributed by atoms with Gasteiger partial charge in [-0.15, -0.1) is 24.8 Å². The van der Waals surface area contributed by atoms with E-state index < -0.39 is 0 Å². The molecule has 1 atom stereocenters. The number of nitrogens with zero attached hydrogens (tertiary/aromatic N) is 1. The van der Waals surface area contributed by atoms with Crippen LogP contribution in [0.25, 0.3) is 0 Å². The first-order chi connectivity index (χ1) is 9.65. The number of carbonyl (C=O) groups is 1. The lowest BCUT2D eigenvalue weighted by atomic mass is 10.1. The fourth-order valence-electron chi connectivity index (χ4n) is 2.29. The SMILES string of the molecule is CC(CNC(=O)Cc1ccc(N)cc1)N1CCOCC1.Cl.Cl. The molecule has 1 saturated heterocycles. The molecule has 0 radical (unpaired) electrons. The van der Waals surface area contributed by atoms with Crippen molar-refractivity contribution in [2.24, 2.45) is 0 Å². The van der Waals surface area contributed by atoms with Gasteiger partial charge in [0.2, 0.25) is 5.91 Å². The van der Waals surface area contributed by atoms with E-state index in [1.807, 2.05) is 24.3 Å². The number of benzene rings is 1. The molecule has 2 rings (SSSR count).